The van der Waals surface area contributed by atoms with Crippen molar-refractivity contribution in [2.75, 3.05) is 33.4 Å². The highest BCUT2D eigenvalue weighted by molar-refractivity contribution is 5.76. The number of carbonyl (C=O) groups is 1. The molecule has 8 heteroatoms. The Morgan fingerprint density at radius 3 is 2.38 bits per heavy atom. The summed E-state index contributed by atoms with van der Waals surface area (Å²) in [6, 6.07) is 18.9. The zero-order valence-electron chi connectivity index (χ0n) is 21.2. The van der Waals surface area contributed by atoms with E-state index in [-0.39, 0.29) is 31.2 Å². The van der Waals surface area contributed by atoms with Crippen molar-refractivity contribution in [3.05, 3.63) is 84.2 Å². The highest BCUT2D eigenvalue weighted by Crippen LogP contribution is 2.27. The van der Waals surface area contributed by atoms with E-state index in [2.05, 4.69) is 9.88 Å². The van der Waals surface area contributed by atoms with Crippen LogP contribution in [0, 0.1) is 0 Å². The molecule has 0 spiro atoms. The summed E-state index contributed by atoms with van der Waals surface area (Å²) in [7, 11) is 1.61. The first-order valence-electron chi connectivity index (χ1n) is 12.7. The summed E-state index contributed by atoms with van der Waals surface area (Å²) < 4.78 is 11.0. The van der Waals surface area contributed by atoms with Crippen molar-refractivity contribution in [2.24, 2.45) is 0 Å². The molecule has 1 saturated heterocycles. The van der Waals surface area contributed by atoms with Crippen LogP contribution in [0.3, 0.4) is 0 Å². The number of phenolic OH excluding ortho intramolecular Hbond substituents is 1. The molecule has 1 fully saturated rings. The van der Waals surface area contributed by atoms with Crippen LogP contribution in [0.2, 0.25) is 0 Å². The van der Waals surface area contributed by atoms with Gasteiger partial charge in [0.2, 0.25) is 5.91 Å². The maximum Gasteiger partial charge on any atom is 0.226 e. The molecule has 2 heterocycles. The van der Waals surface area contributed by atoms with Gasteiger partial charge in [0.1, 0.15) is 23.4 Å². The minimum Gasteiger partial charge on any atom is -0.508 e. The van der Waals surface area contributed by atoms with Crippen LogP contribution < -0.4 is 9.47 Å². The topological polar surface area (TPSA) is 95.4 Å². The van der Waals surface area contributed by atoms with Crippen LogP contribution in [-0.2, 0) is 11.3 Å². The van der Waals surface area contributed by atoms with Crippen LogP contribution in [-0.4, -0.2) is 70.3 Å². The number of hydrogen-bond donors (Lipinski definition) is 2. The molecule has 2 aromatic carbocycles. The molecule has 4 rings (SSSR count). The number of aliphatic hydroxyl groups excluding tert-OH is 1. The normalized spacial score (nSPS) is 15.2. The molecule has 0 unspecified atom stereocenters. The molecule has 0 saturated carbocycles. The lowest BCUT2D eigenvalue weighted by molar-refractivity contribution is -0.138. The summed E-state index contributed by atoms with van der Waals surface area (Å²) in [6.45, 7) is 2.89. The van der Waals surface area contributed by atoms with Crippen LogP contribution in [0.4, 0.5) is 0 Å². The lowest BCUT2D eigenvalue weighted by atomic mass is 9.99. The summed E-state index contributed by atoms with van der Waals surface area (Å²) in [4.78, 5) is 22.1. The van der Waals surface area contributed by atoms with E-state index in [1.807, 2.05) is 30.3 Å². The van der Waals surface area contributed by atoms with Crippen molar-refractivity contribution in [1.29, 1.82) is 0 Å². The second-order valence-electron chi connectivity index (χ2n) is 9.23. The van der Waals surface area contributed by atoms with Gasteiger partial charge in [-0.1, -0.05) is 18.2 Å². The van der Waals surface area contributed by atoms with Crippen molar-refractivity contribution in [2.45, 2.75) is 38.0 Å². The maximum absolute atomic E-state index is 13.7. The van der Waals surface area contributed by atoms with Gasteiger partial charge in [0.25, 0.3) is 0 Å². The fraction of sp³-hybridized carbons (Fsp3) is 0.379. The zero-order valence-corrected chi connectivity index (χ0v) is 21.2. The number of phenols is 1. The van der Waals surface area contributed by atoms with Crippen LogP contribution in [0.25, 0.3) is 0 Å². The molecule has 2 N–H and O–H groups in total. The molecule has 8 nitrogen and oxygen atoms in total. The van der Waals surface area contributed by atoms with Gasteiger partial charge in [0.15, 0.2) is 0 Å². The maximum atomic E-state index is 13.7. The van der Waals surface area contributed by atoms with Crippen molar-refractivity contribution < 1.29 is 24.5 Å². The van der Waals surface area contributed by atoms with Gasteiger partial charge in [0, 0.05) is 12.7 Å². The average Bonchev–Trinajstić information content (AvgIpc) is 3.45. The zero-order chi connectivity index (χ0) is 26.0. The number of hydrogen-bond acceptors (Lipinski definition) is 7. The van der Waals surface area contributed by atoms with E-state index in [0.29, 0.717) is 17.9 Å². The van der Waals surface area contributed by atoms with Crippen LogP contribution in [0.5, 0.6) is 17.2 Å². The van der Waals surface area contributed by atoms with Gasteiger partial charge in [-0.2, -0.15) is 0 Å². The van der Waals surface area contributed by atoms with Gasteiger partial charge in [-0.15, -0.1) is 0 Å². The number of ether oxygens (including phenoxy) is 2. The first kappa shape index (κ1) is 26.4. The van der Waals surface area contributed by atoms with Gasteiger partial charge < -0.3 is 29.5 Å². The van der Waals surface area contributed by atoms with E-state index in [1.165, 1.54) is 0 Å². The Morgan fingerprint density at radius 1 is 1.03 bits per heavy atom. The monoisotopic (exact) mass is 505 g/mol. The quantitative estimate of drug-likeness (QED) is 0.387. The van der Waals surface area contributed by atoms with E-state index < -0.39 is 12.1 Å². The number of carbonyl (C=O) groups excluding carboxylic acids is 1. The second-order valence-corrected chi connectivity index (χ2v) is 9.23. The Hall–Kier alpha value is -3.62. The smallest absolute Gasteiger partial charge is 0.226 e. The van der Waals surface area contributed by atoms with E-state index in [0.717, 1.165) is 37.4 Å². The Morgan fingerprint density at radius 2 is 1.73 bits per heavy atom. The number of amides is 1. The number of pyridine rings is 1. The molecule has 37 heavy (non-hydrogen) atoms. The lowest BCUT2D eigenvalue weighted by Crippen LogP contribution is -2.49. The number of aromatic nitrogens is 1. The molecule has 3 aromatic rings. The molecule has 196 valence electrons. The molecule has 1 aliphatic heterocycles. The Bertz CT molecular complexity index is 1100. The fourth-order valence-electron chi connectivity index (χ4n) is 4.62. The standard InChI is InChI=1S/C29H35N3O5/c1-36-25-11-13-26(14-12-25)37-19-15-28(34)32(20-23-6-2-3-16-30-23)27(21-31-17-4-5-18-31)29(35)22-7-9-24(33)10-8-22/h2-3,6-14,16,27,29,33,35H,4-5,15,17-21H2,1H3/t27-,29-/m1/s1. The number of nitrogens with zero attached hydrogens (tertiary/aromatic N) is 3. The summed E-state index contributed by atoms with van der Waals surface area (Å²) in [5.74, 6) is 1.39. The third-order valence-corrected chi connectivity index (χ3v) is 6.67. The molecule has 0 aliphatic carbocycles. The fourth-order valence-corrected chi connectivity index (χ4v) is 4.62. The predicted octanol–water partition coefficient (Wildman–Crippen LogP) is 3.79. The van der Waals surface area contributed by atoms with E-state index in [4.69, 9.17) is 9.47 Å². The average molecular weight is 506 g/mol. The Kier molecular flexibility index (Phi) is 9.35. The highest BCUT2D eigenvalue weighted by atomic mass is 16.5. The minimum atomic E-state index is -0.934. The molecule has 0 bridgehead atoms. The van der Waals surface area contributed by atoms with Gasteiger partial charge in [-0.3, -0.25) is 9.78 Å². The molecule has 1 aliphatic rings. The van der Waals surface area contributed by atoms with Crippen LogP contribution in [0.1, 0.15) is 36.6 Å². The molecular weight excluding hydrogens is 470 g/mol. The molecule has 1 aromatic heterocycles. The molecule has 2 atom stereocenters. The Labute approximate surface area is 218 Å². The first-order valence-corrected chi connectivity index (χ1v) is 12.7. The van der Waals surface area contributed by atoms with Crippen molar-refractivity contribution in [3.63, 3.8) is 0 Å². The lowest BCUT2D eigenvalue weighted by Gasteiger charge is -2.37. The third-order valence-electron chi connectivity index (χ3n) is 6.67. The van der Waals surface area contributed by atoms with Crippen LogP contribution >= 0.6 is 0 Å². The van der Waals surface area contributed by atoms with Gasteiger partial charge in [-0.05, 0) is 80.0 Å². The van der Waals surface area contributed by atoms with Gasteiger partial charge in [0.05, 0.1) is 38.4 Å². The summed E-state index contributed by atoms with van der Waals surface area (Å²) in [5.41, 5.74) is 1.39. The summed E-state index contributed by atoms with van der Waals surface area (Å²) in [5, 5.41) is 21.3. The minimum absolute atomic E-state index is 0.124. The number of likely N-dealkylation sites (tertiary alicyclic amines) is 1. The summed E-state index contributed by atoms with van der Waals surface area (Å²) >= 11 is 0. The van der Waals surface area contributed by atoms with E-state index in [1.54, 1.807) is 54.6 Å². The van der Waals surface area contributed by atoms with Crippen molar-refractivity contribution in [3.8, 4) is 17.2 Å². The van der Waals surface area contributed by atoms with Crippen LogP contribution in [0.15, 0.2) is 72.9 Å². The largest absolute Gasteiger partial charge is 0.508 e. The summed E-state index contributed by atoms with van der Waals surface area (Å²) in [6.07, 6.45) is 3.13. The second kappa shape index (κ2) is 13.1. The predicted molar refractivity (Wildman–Crippen MR) is 140 cm³/mol. The van der Waals surface area contributed by atoms with E-state index >= 15 is 0 Å². The van der Waals surface area contributed by atoms with E-state index in [9.17, 15) is 15.0 Å². The molecular formula is C29H35N3O5. The van der Waals surface area contributed by atoms with Crippen molar-refractivity contribution >= 4 is 5.91 Å². The number of aromatic hydroxyl groups is 1. The number of rotatable bonds is 12. The number of methoxy groups -OCH3 is 1. The van der Waals surface area contributed by atoms with Crippen molar-refractivity contribution in [1.82, 2.24) is 14.8 Å². The highest BCUT2D eigenvalue weighted by Gasteiger charge is 2.33. The molecule has 0 radical (unpaired) electrons. The SMILES string of the molecule is COc1ccc(OCCC(=O)N(Cc2ccccn2)[C@H](CN2CCCC2)[C@H](O)c2ccc(O)cc2)cc1. The Balaban J connectivity index is 1.54. The third kappa shape index (κ3) is 7.44. The number of benzene rings is 2. The van der Waals surface area contributed by atoms with Gasteiger partial charge >= 0.3 is 0 Å². The first-order chi connectivity index (χ1) is 18.0. The molecule has 1 amide bonds. The van der Waals surface area contributed by atoms with Gasteiger partial charge in [-0.25, -0.2) is 0 Å². The number of aliphatic hydroxyl groups is 1.